The summed E-state index contributed by atoms with van der Waals surface area (Å²) in [7, 11) is 1.53. The van der Waals surface area contributed by atoms with Crippen molar-refractivity contribution in [1.82, 2.24) is 4.90 Å². The molecule has 2 aromatic carbocycles. The molecule has 9 heteroatoms. The SMILES string of the molecule is CCN(CC(=O)Nc1ccc(OC)cc1)C(C)C(=O)Nc1ccc(F)c(F)c1F. The normalized spacial score (nSPS) is 11.8. The molecule has 0 spiro atoms. The van der Waals surface area contributed by atoms with Gasteiger partial charge in [-0.15, -0.1) is 0 Å². The zero-order chi connectivity index (χ0) is 21.6. The van der Waals surface area contributed by atoms with E-state index in [4.69, 9.17) is 4.74 Å². The van der Waals surface area contributed by atoms with Crippen molar-refractivity contribution in [2.24, 2.45) is 0 Å². The van der Waals surface area contributed by atoms with Crippen LogP contribution in [0.15, 0.2) is 36.4 Å². The van der Waals surface area contributed by atoms with Crippen LogP contribution in [-0.2, 0) is 9.59 Å². The molecule has 2 N–H and O–H groups in total. The zero-order valence-corrected chi connectivity index (χ0v) is 16.3. The maximum absolute atomic E-state index is 13.8. The second kappa shape index (κ2) is 9.92. The molecule has 0 aliphatic carbocycles. The summed E-state index contributed by atoms with van der Waals surface area (Å²) in [4.78, 5) is 26.2. The van der Waals surface area contributed by atoms with Crippen LogP contribution in [0.5, 0.6) is 5.75 Å². The third-order valence-corrected chi connectivity index (χ3v) is 4.35. The molecule has 2 amide bonds. The number of anilines is 2. The summed E-state index contributed by atoms with van der Waals surface area (Å²) in [6, 6.07) is 7.57. The maximum Gasteiger partial charge on any atom is 0.241 e. The van der Waals surface area contributed by atoms with E-state index in [1.807, 2.05) is 0 Å². The van der Waals surface area contributed by atoms with Crippen LogP contribution in [0.25, 0.3) is 0 Å². The predicted octanol–water partition coefficient (Wildman–Crippen LogP) is 3.40. The largest absolute Gasteiger partial charge is 0.497 e. The summed E-state index contributed by atoms with van der Waals surface area (Å²) < 4.78 is 45.1. The van der Waals surface area contributed by atoms with Crippen LogP contribution in [0.4, 0.5) is 24.5 Å². The fourth-order valence-corrected chi connectivity index (χ4v) is 2.61. The van der Waals surface area contributed by atoms with Gasteiger partial charge in [0, 0.05) is 5.69 Å². The van der Waals surface area contributed by atoms with Crippen molar-refractivity contribution < 1.29 is 27.5 Å². The van der Waals surface area contributed by atoms with E-state index < -0.39 is 35.1 Å². The van der Waals surface area contributed by atoms with Gasteiger partial charge >= 0.3 is 0 Å². The predicted molar refractivity (Wildman–Crippen MR) is 103 cm³/mol. The summed E-state index contributed by atoms with van der Waals surface area (Å²) >= 11 is 0. The summed E-state index contributed by atoms with van der Waals surface area (Å²) in [5.74, 6) is -4.86. The number of hydrogen-bond donors (Lipinski definition) is 2. The molecule has 0 aliphatic rings. The van der Waals surface area contributed by atoms with E-state index in [1.165, 1.54) is 14.0 Å². The van der Waals surface area contributed by atoms with Crippen LogP contribution < -0.4 is 15.4 Å². The number of halogens is 3. The number of rotatable bonds is 8. The van der Waals surface area contributed by atoms with Crippen molar-refractivity contribution in [3.05, 3.63) is 53.8 Å². The monoisotopic (exact) mass is 409 g/mol. The number of likely N-dealkylation sites (N-methyl/N-ethyl adjacent to an activating group) is 1. The second-order valence-corrected chi connectivity index (χ2v) is 6.23. The second-order valence-electron chi connectivity index (χ2n) is 6.23. The van der Waals surface area contributed by atoms with E-state index >= 15 is 0 Å². The molecule has 2 aromatic rings. The van der Waals surface area contributed by atoms with Gasteiger partial charge < -0.3 is 15.4 Å². The number of benzene rings is 2. The first kappa shape index (κ1) is 22.2. The van der Waals surface area contributed by atoms with Gasteiger partial charge in [-0.05, 0) is 49.9 Å². The van der Waals surface area contributed by atoms with Crippen LogP contribution in [0.1, 0.15) is 13.8 Å². The molecule has 29 heavy (non-hydrogen) atoms. The lowest BCUT2D eigenvalue weighted by Gasteiger charge is -2.26. The van der Waals surface area contributed by atoms with Gasteiger partial charge in [-0.1, -0.05) is 6.92 Å². The third kappa shape index (κ3) is 5.71. The minimum absolute atomic E-state index is 0.0998. The molecule has 0 aliphatic heterocycles. The zero-order valence-electron chi connectivity index (χ0n) is 16.3. The van der Waals surface area contributed by atoms with Crippen molar-refractivity contribution in [3.63, 3.8) is 0 Å². The molecule has 1 unspecified atom stereocenters. The lowest BCUT2D eigenvalue weighted by molar-refractivity contribution is -0.123. The quantitative estimate of drug-likeness (QED) is 0.656. The maximum atomic E-state index is 13.8. The van der Waals surface area contributed by atoms with Crippen molar-refractivity contribution >= 4 is 23.2 Å². The minimum Gasteiger partial charge on any atom is -0.497 e. The molecule has 0 aromatic heterocycles. The lowest BCUT2D eigenvalue weighted by atomic mass is 10.2. The third-order valence-electron chi connectivity index (χ3n) is 4.35. The van der Waals surface area contributed by atoms with E-state index in [0.29, 0.717) is 18.0 Å². The summed E-state index contributed by atoms with van der Waals surface area (Å²) in [5.41, 5.74) is 0.0901. The van der Waals surface area contributed by atoms with E-state index in [1.54, 1.807) is 36.1 Å². The first-order valence-corrected chi connectivity index (χ1v) is 8.89. The van der Waals surface area contributed by atoms with E-state index in [2.05, 4.69) is 10.6 Å². The van der Waals surface area contributed by atoms with Crippen LogP contribution >= 0.6 is 0 Å². The Kier molecular flexibility index (Phi) is 7.60. The molecule has 0 fully saturated rings. The van der Waals surface area contributed by atoms with Gasteiger partial charge in [-0.2, -0.15) is 0 Å². The minimum atomic E-state index is -1.67. The Labute approximate surface area is 166 Å². The van der Waals surface area contributed by atoms with Gasteiger partial charge in [0.25, 0.3) is 0 Å². The number of methoxy groups -OCH3 is 1. The van der Waals surface area contributed by atoms with Gasteiger partial charge in [-0.25, -0.2) is 13.2 Å². The molecule has 6 nitrogen and oxygen atoms in total. The van der Waals surface area contributed by atoms with Gasteiger partial charge in [0.1, 0.15) is 5.75 Å². The molecule has 156 valence electrons. The number of carbonyl (C=O) groups excluding carboxylic acids is 2. The highest BCUT2D eigenvalue weighted by atomic mass is 19.2. The fraction of sp³-hybridized carbons (Fsp3) is 0.300. The molecule has 0 heterocycles. The Bertz CT molecular complexity index is 875. The van der Waals surface area contributed by atoms with Crippen LogP contribution in [0.2, 0.25) is 0 Å². The molecular weight excluding hydrogens is 387 g/mol. The smallest absolute Gasteiger partial charge is 0.241 e. The first-order chi connectivity index (χ1) is 13.8. The average Bonchev–Trinajstić information content (AvgIpc) is 2.72. The fourth-order valence-electron chi connectivity index (χ4n) is 2.61. The van der Waals surface area contributed by atoms with Gasteiger partial charge in [0.05, 0.1) is 25.4 Å². The lowest BCUT2D eigenvalue weighted by Crippen LogP contribution is -2.45. The number of carbonyl (C=O) groups is 2. The molecule has 2 rings (SSSR count). The van der Waals surface area contributed by atoms with Crippen LogP contribution in [0, 0.1) is 17.5 Å². The standard InChI is InChI=1S/C20H22F3N3O3/c1-4-26(11-17(27)24-13-5-7-14(29-3)8-6-13)12(2)20(28)25-16-10-9-15(21)18(22)19(16)23/h5-10,12H,4,11H2,1-3H3,(H,24,27)(H,25,28). The summed E-state index contributed by atoms with van der Waals surface area (Å²) in [5, 5.41) is 4.93. The first-order valence-electron chi connectivity index (χ1n) is 8.89. The van der Waals surface area contributed by atoms with Gasteiger partial charge in [0.15, 0.2) is 17.5 Å². The molecule has 0 radical (unpaired) electrons. The Balaban J connectivity index is 1.99. The molecule has 0 saturated heterocycles. The van der Waals surface area contributed by atoms with Crippen molar-refractivity contribution in [2.45, 2.75) is 19.9 Å². The van der Waals surface area contributed by atoms with Gasteiger partial charge in [0.2, 0.25) is 11.8 Å². The molecular formula is C20H22F3N3O3. The highest BCUT2D eigenvalue weighted by Gasteiger charge is 2.24. The molecule has 1 atom stereocenters. The molecule has 0 bridgehead atoms. The molecule has 0 saturated carbocycles. The Morgan fingerprint density at radius 2 is 1.69 bits per heavy atom. The van der Waals surface area contributed by atoms with Crippen LogP contribution in [0.3, 0.4) is 0 Å². The number of ether oxygens (including phenoxy) is 1. The van der Waals surface area contributed by atoms with E-state index in [9.17, 15) is 22.8 Å². The van der Waals surface area contributed by atoms with E-state index in [-0.39, 0.29) is 12.5 Å². The van der Waals surface area contributed by atoms with Crippen molar-refractivity contribution in [2.75, 3.05) is 30.8 Å². The number of hydrogen-bond acceptors (Lipinski definition) is 4. The number of amides is 2. The van der Waals surface area contributed by atoms with Crippen molar-refractivity contribution in [3.8, 4) is 5.75 Å². The number of nitrogens with one attached hydrogen (secondary N) is 2. The Hall–Kier alpha value is -3.07. The van der Waals surface area contributed by atoms with Gasteiger partial charge in [-0.3, -0.25) is 14.5 Å². The number of nitrogens with zero attached hydrogens (tertiary/aromatic N) is 1. The van der Waals surface area contributed by atoms with Crippen molar-refractivity contribution in [1.29, 1.82) is 0 Å². The Morgan fingerprint density at radius 3 is 2.28 bits per heavy atom. The average molecular weight is 409 g/mol. The van der Waals surface area contributed by atoms with E-state index in [0.717, 1.165) is 12.1 Å². The highest BCUT2D eigenvalue weighted by Crippen LogP contribution is 2.20. The van der Waals surface area contributed by atoms with Crippen LogP contribution in [-0.4, -0.2) is 43.0 Å². The Morgan fingerprint density at radius 1 is 1.03 bits per heavy atom. The summed E-state index contributed by atoms with van der Waals surface area (Å²) in [6.07, 6.45) is 0. The summed E-state index contributed by atoms with van der Waals surface area (Å²) in [6.45, 7) is 3.53. The topological polar surface area (TPSA) is 70.7 Å². The highest BCUT2D eigenvalue weighted by molar-refractivity contribution is 5.96.